The fraction of sp³-hybridized carbons (Fsp3) is 1.00. The van der Waals surface area contributed by atoms with Gasteiger partial charge in [-0.15, -0.1) is 0 Å². The second kappa shape index (κ2) is 2.42. The van der Waals surface area contributed by atoms with Gasteiger partial charge in [0, 0.05) is 12.8 Å². The number of aliphatic hydroxyl groups excluding tert-OH is 1. The smallest absolute Gasteiger partial charge is 0.146 e. The Morgan fingerprint density at radius 2 is 2.08 bits per heavy atom. The van der Waals surface area contributed by atoms with Gasteiger partial charge in [-0.05, 0) is 12.8 Å². The van der Waals surface area contributed by atoms with Gasteiger partial charge in [-0.2, -0.15) is 4.18 Å². The summed E-state index contributed by atoms with van der Waals surface area (Å²) in [6, 6.07) is 0. The molecule has 0 aromatic carbocycles. The number of thiol groups is 1. The lowest BCUT2D eigenvalue weighted by molar-refractivity contribution is -0.0300. The molecule has 0 aromatic rings. The molecule has 3 aliphatic rings. The van der Waals surface area contributed by atoms with E-state index in [9.17, 15) is 5.11 Å². The summed E-state index contributed by atoms with van der Waals surface area (Å²) in [6.45, 7) is 0. The number of hydrogen-bond acceptors (Lipinski definition) is 3. The van der Waals surface area contributed by atoms with Gasteiger partial charge in [0.2, 0.25) is 0 Å². The molecular weight excluding hydrogens is 188 g/mol. The molecule has 4 heteroatoms. The van der Waals surface area contributed by atoms with Gasteiger partial charge in [-0.3, -0.25) is 0 Å². The maximum Gasteiger partial charge on any atom is 0.146 e. The van der Waals surface area contributed by atoms with Gasteiger partial charge in [0.25, 0.3) is 0 Å². The average molecular weight is 203 g/mol. The average Bonchev–Trinajstić information content (AvgIpc) is 2.91. The Morgan fingerprint density at radius 3 is 2.54 bits per heavy atom. The maximum absolute atomic E-state index is 9.48. The summed E-state index contributed by atoms with van der Waals surface area (Å²) in [4.78, 5) is 0. The lowest BCUT2D eigenvalue weighted by Gasteiger charge is -2.11. The van der Waals surface area contributed by atoms with Crippen molar-refractivity contribution in [2.24, 2.45) is 0 Å². The minimum Gasteiger partial charge on any atom is -0.390 e. The first-order chi connectivity index (χ1) is 6.21. The summed E-state index contributed by atoms with van der Waals surface area (Å²) < 4.78 is 11.6. The molecule has 1 aliphatic heterocycles. The Bertz CT molecular complexity index is 241. The second-order valence-corrected chi connectivity index (χ2v) is 5.01. The molecule has 0 aromatic heterocycles. The quantitative estimate of drug-likeness (QED) is 0.514. The first-order valence-electron chi connectivity index (χ1n) is 4.84. The van der Waals surface area contributed by atoms with E-state index in [1.54, 1.807) is 0 Å². The van der Waals surface area contributed by atoms with Gasteiger partial charge in [0.05, 0.1) is 6.10 Å². The molecule has 0 bridgehead atoms. The van der Waals surface area contributed by atoms with E-state index in [1.165, 1.54) is 0 Å². The molecule has 2 aliphatic carbocycles. The van der Waals surface area contributed by atoms with Gasteiger partial charge in [-0.1, -0.05) is 0 Å². The van der Waals surface area contributed by atoms with Gasteiger partial charge in [0.15, 0.2) is 0 Å². The zero-order valence-corrected chi connectivity index (χ0v) is 8.59. The number of aliphatic hydroxyl groups is 1. The van der Waals surface area contributed by atoms with E-state index in [-0.39, 0.29) is 23.4 Å². The topological polar surface area (TPSA) is 38.7 Å². The first kappa shape index (κ1) is 8.53. The molecule has 3 fully saturated rings. The largest absolute Gasteiger partial charge is 0.390 e. The zero-order valence-electron chi connectivity index (χ0n) is 7.69. The van der Waals surface area contributed by atoms with E-state index in [0.717, 1.165) is 37.7 Å². The Hall–Kier alpha value is 0.230. The highest BCUT2D eigenvalue weighted by atomic mass is 32.2. The molecule has 13 heavy (non-hydrogen) atoms. The summed E-state index contributed by atoms with van der Waals surface area (Å²) in [5.41, 5.74) is -0.202. The van der Waals surface area contributed by atoms with Crippen molar-refractivity contribution in [3.8, 4) is 0 Å². The standard InChI is InChI=1S/C9H14O3S/c1-13-11-7-5-9(4-6(9)10)12-8(7)2-3-8/h6-7,10H,2-5H2,1H3/p+1/t6?,7-,9?/m1/s1. The molecule has 3 atom stereocenters. The van der Waals surface area contributed by atoms with Crippen LogP contribution in [0, 0.1) is 0 Å². The monoisotopic (exact) mass is 203 g/mol. The summed E-state index contributed by atoms with van der Waals surface area (Å²) in [6.07, 6.45) is 5.93. The van der Waals surface area contributed by atoms with Crippen molar-refractivity contribution in [2.45, 2.75) is 49.1 Å². The van der Waals surface area contributed by atoms with Crippen LogP contribution in [0.25, 0.3) is 0 Å². The van der Waals surface area contributed by atoms with E-state index in [1.807, 2.05) is 6.26 Å². The number of ether oxygens (including phenoxy) is 1. The van der Waals surface area contributed by atoms with E-state index in [4.69, 9.17) is 8.92 Å². The van der Waals surface area contributed by atoms with Crippen LogP contribution in [0.4, 0.5) is 0 Å². The van der Waals surface area contributed by atoms with Crippen LogP contribution in [0.2, 0.25) is 0 Å². The minimum absolute atomic E-state index is 0.000486. The molecule has 74 valence electrons. The molecule has 0 amide bonds. The van der Waals surface area contributed by atoms with E-state index in [2.05, 4.69) is 0 Å². The maximum atomic E-state index is 9.48. The highest BCUT2D eigenvalue weighted by molar-refractivity contribution is 7.72. The Morgan fingerprint density at radius 1 is 1.38 bits per heavy atom. The van der Waals surface area contributed by atoms with Crippen molar-refractivity contribution in [2.75, 3.05) is 6.26 Å². The lowest BCUT2D eigenvalue weighted by atomic mass is 10.1. The van der Waals surface area contributed by atoms with Crippen molar-refractivity contribution >= 4 is 12.0 Å². The van der Waals surface area contributed by atoms with Crippen LogP contribution in [0.1, 0.15) is 25.7 Å². The van der Waals surface area contributed by atoms with Crippen molar-refractivity contribution in [1.82, 2.24) is 0 Å². The van der Waals surface area contributed by atoms with E-state index >= 15 is 0 Å². The molecule has 1 N–H and O–H groups in total. The molecule has 2 unspecified atom stereocenters. The molecule has 1 heterocycles. The molecular formula is C9H15O3S+. The van der Waals surface area contributed by atoms with Crippen molar-refractivity contribution in [3.05, 3.63) is 0 Å². The molecule has 0 radical (unpaired) electrons. The normalized spacial score (nSPS) is 50.3. The van der Waals surface area contributed by atoms with Crippen LogP contribution >= 0.6 is 0 Å². The third kappa shape index (κ3) is 1.09. The van der Waals surface area contributed by atoms with Crippen LogP contribution in [-0.4, -0.2) is 34.8 Å². The van der Waals surface area contributed by atoms with Gasteiger partial charge in [-0.25, -0.2) is 0 Å². The van der Waals surface area contributed by atoms with E-state index < -0.39 is 0 Å². The first-order valence-corrected chi connectivity index (χ1v) is 6.10. The fourth-order valence-corrected chi connectivity index (χ4v) is 2.94. The Kier molecular flexibility index (Phi) is 1.59. The van der Waals surface area contributed by atoms with Crippen molar-refractivity contribution in [3.63, 3.8) is 0 Å². The fourth-order valence-electron chi connectivity index (χ4n) is 2.42. The van der Waals surface area contributed by atoms with Gasteiger partial charge in [0.1, 0.15) is 35.6 Å². The molecule has 3 rings (SSSR count). The number of hydrogen-bond donors (Lipinski definition) is 1. The third-order valence-corrected chi connectivity index (χ3v) is 3.95. The summed E-state index contributed by atoms with van der Waals surface area (Å²) in [5, 5.41) is 9.48. The summed E-state index contributed by atoms with van der Waals surface area (Å²) in [5.74, 6) is 0. The Labute approximate surface area is 82.0 Å². The zero-order chi connectivity index (χ0) is 9.10. The van der Waals surface area contributed by atoms with Gasteiger partial charge >= 0.3 is 0 Å². The summed E-state index contributed by atoms with van der Waals surface area (Å²) >= 11 is 0.971. The predicted molar refractivity (Wildman–Crippen MR) is 50.6 cm³/mol. The highest BCUT2D eigenvalue weighted by Gasteiger charge is 2.72. The number of rotatable bonds is 2. The third-order valence-electron chi connectivity index (χ3n) is 3.49. The predicted octanol–water partition coefficient (Wildman–Crippen LogP) is 0.188. The minimum atomic E-state index is -0.230. The lowest BCUT2D eigenvalue weighted by Crippen LogP contribution is -2.25. The molecule has 2 spiro atoms. The molecule has 2 saturated carbocycles. The second-order valence-electron chi connectivity index (χ2n) is 4.43. The molecule has 3 nitrogen and oxygen atoms in total. The van der Waals surface area contributed by atoms with Crippen LogP contribution in [0.15, 0.2) is 0 Å². The van der Waals surface area contributed by atoms with Gasteiger partial charge < -0.3 is 9.84 Å². The van der Waals surface area contributed by atoms with Crippen LogP contribution in [0.5, 0.6) is 0 Å². The van der Waals surface area contributed by atoms with Crippen LogP contribution in [-0.2, 0) is 21.0 Å². The van der Waals surface area contributed by atoms with Crippen LogP contribution in [0.3, 0.4) is 0 Å². The SMILES string of the molecule is C[SH+]O[C@@H]1CC2(CC2O)OC12CC2. The highest BCUT2D eigenvalue weighted by Crippen LogP contribution is 2.62. The van der Waals surface area contributed by atoms with Crippen LogP contribution < -0.4 is 0 Å². The molecule has 1 saturated heterocycles. The van der Waals surface area contributed by atoms with Crippen molar-refractivity contribution < 1.29 is 14.0 Å². The summed E-state index contributed by atoms with van der Waals surface area (Å²) in [7, 11) is 0. The van der Waals surface area contributed by atoms with E-state index in [0.29, 0.717) is 0 Å². The van der Waals surface area contributed by atoms with Crippen molar-refractivity contribution in [1.29, 1.82) is 0 Å². The Balaban J connectivity index is 1.76.